The summed E-state index contributed by atoms with van der Waals surface area (Å²) >= 11 is 0. The SMILES string of the molecule is CCOC(=O)c1cccc(OCC(=O)Nc2cc(C(=O)OC)ccc2C(=O)OC)c1. The van der Waals surface area contributed by atoms with E-state index in [-0.39, 0.29) is 34.7 Å². The number of anilines is 1. The van der Waals surface area contributed by atoms with E-state index in [1.54, 1.807) is 25.1 Å². The van der Waals surface area contributed by atoms with Crippen molar-refractivity contribution in [2.45, 2.75) is 6.92 Å². The Balaban J connectivity index is 2.12. The summed E-state index contributed by atoms with van der Waals surface area (Å²) in [6.07, 6.45) is 0. The lowest BCUT2D eigenvalue weighted by Crippen LogP contribution is -2.22. The highest BCUT2D eigenvalue weighted by atomic mass is 16.5. The number of rotatable bonds is 8. The first-order valence-corrected chi connectivity index (χ1v) is 8.90. The van der Waals surface area contributed by atoms with Gasteiger partial charge in [-0.25, -0.2) is 14.4 Å². The van der Waals surface area contributed by atoms with E-state index < -0.39 is 30.4 Å². The maximum atomic E-state index is 12.3. The monoisotopic (exact) mass is 415 g/mol. The molecule has 30 heavy (non-hydrogen) atoms. The van der Waals surface area contributed by atoms with Crippen LogP contribution in [0.15, 0.2) is 42.5 Å². The van der Waals surface area contributed by atoms with Crippen LogP contribution in [0.2, 0.25) is 0 Å². The van der Waals surface area contributed by atoms with Gasteiger partial charge >= 0.3 is 17.9 Å². The first-order chi connectivity index (χ1) is 14.4. The van der Waals surface area contributed by atoms with Crippen LogP contribution in [0.5, 0.6) is 5.75 Å². The standard InChI is InChI=1S/C21H21NO8/c1-4-29-20(25)13-6-5-7-15(10-13)30-12-18(23)22-17-11-14(19(24)27-2)8-9-16(17)21(26)28-3/h5-11H,4,12H2,1-3H3,(H,22,23). The second kappa shape index (κ2) is 10.6. The van der Waals surface area contributed by atoms with E-state index in [1.165, 1.54) is 38.5 Å². The third-order valence-corrected chi connectivity index (χ3v) is 3.84. The van der Waals surface area contributed by atoms with Gasteiger partial charge in [-0.2, -0.15) is 0 Å². The maximum Gasteiger partial charge on any atom is 0.339 e. The minimum absolute atomic E-state index is 0.0582. The van der Waals surface area contributed by atoms with Crippen LogP contribution >= 0.6 is 0 Å². The maximum absolute atomic E-state index is 12.3. The average Bonchev–Trinajstić information content (AvgIpc) is 2.77. The predicted octanol–water partition coefficient (Wildman–Crippen LogP) is 2.45. The van der Waals surface area contributed by atoms with Crippen molar-refractivity contribution in [3.8, 4) is 5.75 Å². The van der Waals surface area contributed by atoms with Crippen LogP contribution < -0.4 is 10.1 Å². The predicted molar refractivity (Wildman–Crippen MR) is 106 cm³/mol. The lowest BCUT2D eigenvalue weighted by Gasteiger charge is -2.12. The molecule has 0 aromatic heterocycles. The molecule has 0 aliphatic rings. The highest BCUT2D eigenvalue weighted by Gasteiger charge is 2.18. The van der Waals surface area contributed by atoms with E-state index in [0.29, 0.717) is 0 Å². The Morgan fingerprint density at radius 1 is 0.867 bits per heavy atom. The van der Waals surface area contributed by atoms with Crippen LogP contribution in [0.25, 0.3) is 0 Å². The zero-order valence-corrected chi connectivity index (χ0v) is 16.7. The van der Waals surface area contributed by atoms with Gasteiger partial charge in [0.2, 0.25) is 0 Å². The number of benzene rings is 2. The van der Waals surface area contributed by atoms with Crippen molar-refractivity contribution in [2.24, 2.45) is 0 Å². The van der Waals surface area contributed by atoms with Crippen molar-refractivity contribution in [3.63, 3.8) is 0 Å². The number of methoxy groups -OCH3 is 2. The number of nitrogens with one attached hydrogen (secondary N) is 1. The molecule has 0 unspecified atom stereocenters. The Hall–Kier alpha value is -3.88. The molecule has 2 rings (SSSR count). The molecule has 9 heteroatoms. The van der Waals surface area contributed by atoms with Crippen molar-refractivity contribution in [2.75, 3.05) is 32.8 Å². The van der Waals surface area contributed by atoms with E-state index in [0.717, 1.165) is 0 Å². The van der Waals surface area contributed by atoms with E-state index >= 15 is 0 Å². The highest BCUT2D eigenvalue weighted by molar-refractivity contribution is 6.03. The number of amides is 1. The first kappa shape index (κ1) is 22.4. The van der Waals surface area contributed by atoms with Crippen molar-refractivity contribution < 1.29 is 38.1 Å². The largest absolute Gasteiger partial charge is 0.484 e. The zero-order chi connectivity index (χ0) is 22.1. The second-order valence-electron chi connectivity index (χ2n) is 5.83. The molecular weight excluding hydrogens is 394 g/mol. The van der Waals surface area contributed by atoms with Crippen LogP contribution in [-0.4, -0.2) is 51.2 Å². The van der Waals surface area contributed by atoms with Gasteiger partial charge in [-0.15, -0.1) is 0 Å². The molecule has 0 heterocycles. The van der Waals surface area contributed by atoms with E-state index in [9.17, 15) is 19.2 Å². The molecule has 0 aliphatic carbocycles. The van der Waals surface area contributed by atoms with Gasteiger partial charge < -0.3 is 24.3 Å². The van der Waals surface area contributed by atoms with Crippen molar-refractivity contribution in [3.05, 3.63) is 59.2 Å². The fraction of sp³-hybridized carbons (Fsp3) is 0.238. The van der Waals surface area contributed by atoms with Crippen LogP contribution in [0.3, 0.4) is 0 Å². The molecule has 2 aromatic carbocycles. The summed E-state index contributed by atoms with van der Waals surface area (Å²) in [5.41, 5.74) is 0.554. The van der Waals surface area contributed by atoms with Gasteiger partial charge in [0.25, 0.3) is 5.91 Å². The topological polar surface area (TPSA) is 117 Å². The molecule has 1 amide bonds. The Labute approximate surface area is 172 Å². The van der Waals surface area contributed by atoms with E-state index in [2.05, 4.69) is 14.8 Å². The van der Waals surface area contributed by atoms with Crippen LogP contribution in [0.1, 0.15) is 38.0 Å². The molecule has 2 aromatic rings. The van der Waals surface area contributed by atoms with Gasteiger partial charge in [-0.1, -0.05) is 6.07 Å². The molecule has 1 N–H and O–H groups in total. The summed E-state index contributed by atoms with van der Waals surface area (Å²) in [5, 5.41) is 2.51. The van der Waals surface area contributed by atoms with E-state index in [4.69, 9.17) is 9.47 Å². The Bertz CT molecular complexity index is 954. The van der Waals surface area contributed by atoms with Crippen molar-refractivity contribution in [1.29, 1.82) is 0 Å². The number of esters is 3. The first-order valence-electron chi connectivity index (χ1n) is 8.90. The molecular formula is C21H21NO8. The fourth-order valence-electron chi connectivity index (χ4n) is 2.44. The van der Waals surface area contributed by atoms with Crippen molar-refractivity contribution >= 4 is 29.5 Å². The minimum atomic E-state index is -0.690. The number of hydrogen-bond donors (Lipinski definition) is 1. The molecule has 158 valence electrons. The normalized spacial score (nSPS) is 9.97. The smallest absolute Gasteiger partial charge is 0.339 e. The summed E-state index contributed by atoms with van der Waals surface area (Å²) in [7, 11) is 2.41. The quantitative estimate of drug-likeness (QED) is 0.516. The number of hydrogen-bond acceptors (Lipinski definition) is 8. The summed E-state index contributed by atoms with van der Waals surface area (Å²) < 4.78 is 19.7. The average molecular weight is 415 g/mol. The Morgan fingerprint density at radius 2 is 1.57 bits per heavy atom. The number of ether oxygens (including phenoxy) is 4. The summed E-state index contributed by atoms with van der Waals surface area (Å²) in [5.74, 6) is -2.13. The van der Waals surface area contributed by atoms with Gasteiger partial charge in [0, 0.05) is 0 Å². The lowest BCUT2D eigenvalue weighted by molar-refractivity contribution is -0.118. The number of carbonyl (C=O) groups is 4. The molecule has 0 aliphatic heterocycles. The molecule has 0 saturated carbocycles. The molecule has 0 saturated heterocycles. The Morgan fingerprint density at radius 3 is 2.23 bits per heavy atom. The summed E-state index contributed by atoms with van der Waals surface area (Å²) in [4.78, 5) is 47.8. The molecule has 0 spiro atoms. The minimum Gasteiger partial charge on any atom is -0.484 e. The fourth-order valence-corrected chi connectivity index (χ4v) is 2.44. The zero-order valence-electron chi connectivity index (χ0n) is 16.7. The van der Waals surface area contributed by atoms with Gasteiger partial charge in [-0.3, -0.25) is 4.79 Å². The highest BCUT2D eigenvalue weighted by Crippen LogP contribution is 2.20. The molecule has 0 radical (unpaired) electrons. The Kier molecular flexibility index (Phi) is 7.92. The second-order valence-corrected chi connectivity index (χ2v) is 5.83. The summed E-state index contributed by atoms with van der Waals surface area (Å²) in [6, 6.07) is 10.2. The molecule has 9 nitrogen and oxygen atoms in total. The summed E-state index contributed by atoms with van der Waals surface area (Å²) in [6.45, 7) is 1.52. The molecule has 0 bridgehead atoms. The van der Waals surface area contributed by atoms with Crippen LogP contribution in [0, 0.1) is 0 Å². The van der Waals surface area contributed by atoms with Crippen LogP contribution in [0.4, 0.5) is 5.69 Å². The van der Waals surface area contributed by atoms with Gasteiger partial charge in [0.1, 0.15) is 5.75 Å². The van der Waals surface area contributed by atoms with Gasteiger partial charge in [0.05, 0.1) is 43.2 Å². The lowest BCUT2D eigenvalue weighted by atomic mass is 10.1. The van der Waals surface area contributed by atoms with Gasteiger partial charge in [-0.05, 0) is 43.3 Å². The third kappa shape index (κ3) is 5.81. The molecule has 0 fully saturated rings. The van der Waals surface area contributed by atoms with E-state index in [1.807, 2.05) is 0 Å². The van der Waals surface area contributed by atoms with Gasteiger partial charge in [0.15, 0.2) is 6.61 Å². The number of carbonyl (C=O) groups excluding carboxylic acids is 4. The van der Waals surface area contributed by atoms with Crippen molar-refractivity contribution in [1.82, 2.24) is 0 Å². The van der Waals surface area contributed by atoms with Crippen LogP contribution in [-0.2, 0) is 19.0 Å². The third-order valence-electron chi connectivity index (χ3n) is 3.84. The molecule has 0 atom stereocenters.